The van der Waals surface area contributed by atoms with Gasteiger partial charge in [-0.15, -0.1) is 6.58 Å². The molecule has 4 aliphatic carbocycles. The summed E-state index contributed by atoms with van der Waals surface area (Å²) in [5.41, 5.74) is 1.36. The van der Waals surface area contributed by atoms with Crippen molar-refractivity contribution < 1.29 is 0 Å². The van der Waals surface area contributed by atoms with E-state index >= 15 is 0 Å². The van der Waals surface area contributed by atoms with Crippen molar-refractivity contribution in [2.45, 2.75) is 104 Å². The Balaban J connectivity index is 1.49. The Morgan fingerprint density at radius 2 is 1.69 bits per heavy atom. The fourth-order valence-corrected chi connectivity index (χ4v) is 8.81. The van der Waals surface area contributed by atoms with Gasteiger partial charge in [0.05, 0.1) is 0 Å². The smallest absolute Gasteiger partial charge is 0.0266 e. The van der Waals surface area contributed by atoms with Gasteiger partial charge < -0.3 is 0 Å². The van der Waals surface area contributed by atoms with Crippen LogP contribution < -0.4 is 0 Å². The molecule has 4 rings (SSSR count). The zero-order valence-corrected chi connectivity index (χ0v) is 17.9. The molecule has 0 heterocycles. The molecule has 0 amide bonds. The molecule has 0 aromatic carbocycles. The van der Waals surface area contributed by atoms with Gasteiger partial charge in [-0.25, -0.2) is 0 Å². The van der Waals surface area contributed by atoms with Crippen LogP contribution in [0.15, 0.2) is 12.7 Å². The highest BCUT2D eigenvalue weighted by Gasteiger charge is 2.59. The molecule has 4 aliphatic rings. The number of fused-ring (bicyclic) bond motifs is 5. The van der Waals surface area contributed by atoms with E-state index in [9.17, 15) is 0 Å². The molecule has 0 spiro atoms. The molecule has 26 heavy (non-hydrogen) atoms. The van der Waals surface area contributed by atoms with Gasteiger partial charge in [-0.3, -0.25) is 0 Å². The van der Waals surface area contributed by atoms with E-state index in [4.69, 9.17) is 0 Å². The quantitative estimate of drug-likeness (QED) is 0.345. The lowest BCUT2D eigenvalue weighted by atomic mass is 9.44. The predicted octanol–water partition coefficient (Wildman–Crippen LogP) is 8.03. The number of rotatable bonds is 5. The van der Waals surface area contributed by atoms with E-state index in [0.717, 1.165) is 35.5 Å². The average Bonchev–Trinajstić information content (AvgIpc) is 2.98. The molecule has 0 heteroatoms. The van der Waals surface area contributed by atoms with E-state index in [2.05, 4.69) is 33.4 Å². The number of unbranched alkanes of at least 4 members (excludes halogenated alkanes) is 1. The fraction of sp³-hybridized carbons (Fsp3) is 0.923. The van der Waals surface area contributed by atoms with Gasteiger partial charge in [0, 0.05) is 0 Å². The van der Waals surface area contributed by atoms with Crippen molar-refractivity contribution >= 4 is 0 Å². The molecule has 0 aromatic rings. The van der Waals surface area contributed by atoms with E-state index in [-0.39, 0.29) is 0 Å². The number of hydrogen-bond donors (Lipinski definition) is 0. The average molecular weight is 357 g/mol. The molecule has 8 atom stereocenters. The lowest BCUT2D eigenvalue weighted by Gasteiger charge is -2.61. The van der Waals surface area contributed by atoms with Crippen molar-refractivity contribution in [1.29, 1.82) is 0 Å². The second-order valence-electron chi connectivity index (χ2n) is 11.2. The van der Waals surface area contributed by atoms with E-state index < -0.39 is 0 Å². The molecule has 8 unspecified atom stereocenters. The zero-order chi connectivity index (χ0) is 18.4. The van der Waals surface area contributed by atoms with Crippen molar-refractivity contribution in [2.24, 2.45) is 46.3 Å². The predicted molar refractivity (Wildman–Crippen MR) is 113 cm³/mol. The first-order valence-corrected chi connectivity index (χ1v) is 12.1. The van der Waals surface area contributed by atoms with Crippen molar-refractivity contribution in [2.75, 3.05) is 0 Å². The van der Waals surface area contributed by atoms with Gasteiger partial charge >= 0.3 is 0 Å². The topological polar surface area (TPSA) is 0 Å². The molecule has 4 fully saturated rings. The minimum atomic E-state index is 0.673. The molecule has 148 valence electrons. The lowest BCUT2D eigenvalue weighted by Crippen LogP contribution is -2.53. The van der Waals surface area contributed by atoms with Crippen LogP contribution in [-0.2, 0) is 0 Å². The molecule has 4 saturated carbocycles. The van der Waals surface area contributed by atoms with Crippen molar-refractivity contribution in [3.63, 3.8) is 0 Å². The standard InChI is InChI=1S/C26H44/c1-5-7-8-9-20-11-13-23-22-12-10-21-18-19(6-2)14-16-26(21,4)24(22)15-17-25(20,23)3/h5,19-24H,1,6-18H2,2-4H3. The maximum atomic E-state index is 3.93. The van der Waals surface area contributed by atoms with Crippen LogP contribution >= 0.6 is 0 Å². The molecule has 0 N–H and O–H groups in total. The van der Waals surface area contributed by atoms with E-state index in [1.807, 2.05) is 0 Å². The molecule has 0 bridgehead atoms. The lowest BCUT2D eigenvalue weighted by molar-refractivity contribution is -0.118. The summed E-state index contributed by atoms with van der Waals surface area (Å²) in [5.74, 6) is 6.28. The minimum absolute atomic E-state index is 0.673. The Labute approximate surface area is 163 Å². The summed E-state index contributed by atoms with van der Waals surface area (Å²) in [7, 11) is 0. The highest BCUT2D eigenvalue weighted by atomic mass is 14.6. The third-order valence-electron chi connectivity index (χ3n) is 10.5. The van der Waals surface area contributed by atoms with E-state index in [0.29, 0.717) is 10.8 Å². The van der Waals surface area contributed by atoms with Crippen LogP contribution in [0.25, 0.3) is 0 Å². The molecule has 0 aliphatic heterocycles. The van der Waals surface area contributed by atoms with Gasteiger partial charge in [-0.1, -0.05) is 33.3 Å². The monoisotopic (exact) mass is 356 g/mol. The zero-order valence-electron chi connectivity index (χ0n) is 17.9. The van der Waals surface area contributed by atoms with Gasteiger partial charge in [-0.05, 0) is 123 Å². The number of allylic oxidation sites excluding steroid dienone is 1. The Bertz CT molecular complexity index is 506. The van der Waals surface area contributed by atoms with Gasteiger partial charge in [0.1, 0.15) is 0 Å². The van der Waals surface area contributed by atoms with Gasteiger partial charge in [0.2, 0.25) is 0 Å². The van der Waals surface area contributed by atoms with Crippen LogP contribution in [0.5, 0.6) is 0 Å². The molecule has 0 radical (unpaired) electrons. The summed E-state index contributed by atoms with van der Waals surface area (Å²) in [6.07, 6.45) is 21.5. The fourth-order valence-electron chi connectivity index (χ4n) is 8.81. The Morgan fingerprint density at radius 1 is 0.923 bits per heavy atom. The summed E-state index contributed by atoms with van der Waals surface area (Å²) >= 11 is 0. The van der Waals surface area contributed by atoms with Crippen LogP contribution in [-0.4, -0.2) is 0 Å². The van der Waals surface area contributed by atoms with Crippen LogP contribution in [0.2, 0.25) is 0 Å². The third kappa shape index (κ3) is 2.93. The Hall–Kier alpha value is -0.260. The summed E-state index contributed by atoms with van der Waals surface area (Å²) in [6, 6.07) is 0. The highest BCUT2D eigenvalue weighted by molar-refractivity contribution is 5.09. The van der Waals surface area contributed by atoms with E-state index in [1.54, 1.807) is 38.5 Å². The van der Waals surface area contributed by atoms with Gasteiger partial charge in [0.25, 0.3) is 0 Å². The molecular formula is C26H44. The molecular weight excluding hydrogens is 312 g/mol. The van der Waals surface area contributed by atoms with Crippen LogP contribution in [0.1, 0.15) is 104 Å². The van der Waals surface area contributed by atoms with Crippen LogP contribution in [0.4, 0.5) is 0 Å². The summed E-state index contributed by atoms with van der Waals surface area (Å²) in [4.78, 5) is 0. The van der Waals surface area contributed by atoms with Crippen LogP contribution in [0.3, 0.4) is 0 Å². The Morgan fingerprint density at radius 3 is 2.46 bits per heavy atom. The maximum absolute atomic E-state index is 3.93. The first kappa shape index (κ1) is 19.1. The second-order valence-corrected chi connectivity index (χ2v) is 11.2. The summed E-state index contributed by atoms with van der Waals surface area (Å²) < 4.78 is 0. The second kappa shape index (κ2) is 7.29. The number of hydrogen-bond acceptors (Lipinski definition) is 0. The van der Waals surface area contributed by atoms with Crippen molar-refractivity contribution in [3.05, 3.63) is 12.7 Å². The largest absolute Gasteiger partial charge is 0.103 e. The summed E-state index contributed by atoms with van der Waals surface area (Å²) in [5, 5.41) is 0. The molecule has 0 aromatic heterocycles. The van der Waals surface area contributed by atoms with Gasteiger partial charge in [0.15, 0.2) is 0 Å². The summed E-state index contributed by atoms with van der Waals surface area (Å²) in [6.45, 7) is 11.8. The third-order valence-corrected chi connectivity index (χ3v) is 10.5. The van der Waals surface area contributed by atoms with E-state index in [1.165, 1.54) is 44.9 Å². The first-order chi connectivity index (χ1) is 12.5. The van der Waals surface area contributed by atoms with Gasteiger partial charge in [-0.2, -0.15) is 0 Å². The van der Waals surface area contributed by atoms with Crippen molar-refractivity contribution in [1.82, 2.24) is 0 Å². The van der Waals surface area contributed by atoms with Crippen molar-refractivity contribution in [3.8, 4) is 0 Å². The minimum Gasteiger partial charge on any atom is -0.103 e. The molecule has 0 nitrogen and oxygen atoms in total. The maximum Gasteiger partial charge on any atom is -0.0266 e. The van der Waals surface area contributed by atoms with Crippen LogP contribution in [0, 0.1) is 46.3 Å². The SMILES string of the molecule is C=CCCCC1CCC2C3CCC4CC(CC)CCC4(C)C3CCC12C. The highest BCUT2D eigenvalue weighted by Crippen LogP contribution is 2.68. The molecule has 0 saturated heterocycles. The normalized spacial score (nSPS) is 50.6. The first-order valence-electron chi connectivity index (χ1n) is 12.1. The Kier molecular flexibility index (Phi) is 5.35.